The molecule has 0 radical (unpaired) electrons. The SMILES string of the molecule is O=C1Nc2cccc(Br)c2C1Nc1cc(Cl)cc(Cl)c1. The second kappa shape index (κ2) is 5.28. The summed E-state index contributed by atoms with van der Waals surface area (Å²) in [6.07, 6.45) is 0. The average Bonchev–Trinajstić information content (AvgIpc) is 2.66. The van der Waals surface area contributed by atoms with Crippen molar-refractivity contribution in [1.29, 1.82) is 0 Å². The number of amides is 1. The van der Waals surface area contributed by atoms with Crippen molar-refractivity contribution in [2.75, 3.05) is 10.6 Å². The quantitative estimate of drug-likeness (QED) is 0.791. The molecule has 0 fully saturated rings. The van der Waals surface area contributed by atoms with Gasteiger partial charge in [0.1, 0.15) is 6.04 Å². The summed E-state index contributed by atoms with van der Waals surface area (Å²) in [4.78, 5) is 12.1. The van der Waals surface area contributed by atoms with E-state index in [9.17, 15) is 4.79 Å². The van der Waals surface area contributed by atoms with Crippen molar-refractivity contribution in [3.63, 3.8) is 0 Å². The third-order valence-electron chi connectivity index (χ3n) is 3.04. The molecule has 0 saturated carbocycles. The molecule has 6 heteroatoms. The standard InChI is InChI=1S/C14H9BrCl2N2O/c15-10-2-1-3-11-12(10)13(14(20)19-11)18-9-5-7(16)4-8(17)6-9/h1-6,13,18H,(H,19,20). The normalized spacial score (nSPS) is 16.8. The summed E-state index contributed by atoms with van der Waals surface area (Å²) < 4.78 is 0.874. The first-order valence-electron chi connectivity index (χ1n) is 5.86. The second-order valence-electron chi connectivity index (χ2n) is 4.43. The van der Waals surface area contributed by atoms with Gasteiger partial charge in [0, 0.05) is 31.5 Å². The van der Waals surface area contributed by atoms with E-state index in [-0.39, 0.29) is 5.91 Å². The lowest BCUT2D eigenvalue weighted by Gasteiger charge is -2.14. The first-order valence-corrected chi connectivity index (χ1v) is 7.41. The minimum atomic E-state index is -0.477. The monoisotopic (exact) mass is 370 g/mol. The third-order valence-corrected chi connectivity index (χ3v) is 4.16. The van der Waals surface area contributed by atoms with Crippen LogP contribution in [0.2, 0.25) is 10.0 Å². The molecule has 0 aliphatic carbocycles. The van der Waals surface area contributed by atoms with E-state index in [4.69, 9.17) is 23.2 Å². The van der Waals surface area contributed by atoms with E-state index in [1.54, 1.807) is 18.2 Å². The predicted octanol–water partition coefficient (Wildman–Crippen LogP) is 4.86. The third kappa shape index (κ3) is 2.51. The van der Waals surface area contributed by atoms with Crippen LogP contribution in [0, 0.1) is 0 Å². The van der Waals surface area contributed by atoms with Crippen LogP contribution in [0.1, 0.15) is 11.6 Å². The molecule has 1 heterocycles. The molecule has 0 bridgehead atoms. The van der Waals surface area contributed by atoms with E-state index >= 15 is 0 Å². The van der Waals surface area contributed by atoms with Crippen molar-refractivity contribution in [2.45, 2.75) is 6.04 Å². The summed E-state index contributed by atoms with van der Waals surface area (Å²) in [5.74, 6) is -0.108. The van der Waals surface area contributed by atoms with Crippen LogP contribution in [0.5, 0.6) is 0 Å². The highest BCUT2D eigenvalue weighted by Crippen LogP contribution is 2.38. The van der Waals surface area contributed by atoms with Gasteiger partial charge in [-0.2, -0.15) is 0 Å². The summed E-state index contributed by atoms with van der Waals surface area (Å²) in [5, 5.41) is 7.04. The summed E-state index contributed by atoms with van der Waals surface area (Å²) in [6, 6.07) is 10.3. The number of anilines is 2. The second-order valence-corrected chi connectivity index (χ2v) is 6.15. The van der Waals surface area contributed by atoms with Crippen molar-refractivity contribution in [2.24, 2.45) is 0 Å². The molecule has 1 aliphatic rings. The highest BCUT2D eigenvalue weighted by atomic mass is 79.9. The molecule has 1 amide bonds. The lowest BCUT2D eigenvalue weighted by Crippen LogP contribution is -2.19. The van der Waals surface area contributed by atoms with Gasteiger partial charge < -0.3 is 10.6 Å². The van der Waals surface area contributed by atoms with Crippen LogP contribution < -0.4 is 10.6 Å². The summed E-state index contributed by atoms with van der Waals surface area (Å²) in [7, 11) is 0. The molecule has 20 heavy (non-hydrogen) atoms. The van der Waals surface area contributed by atoms with E-state index in [0.29, 0.717) is 15.7 Å². The number of rotatable bonds is 2. The van der Waals surface area contributed by atoms with Crippen LogP contribution in [-0.4, -0.2) is 5.91 Å². The van der Waals surface area contributed by atoms with Crippen LogP contribution in [-0.2, 0) is 4.79 Å². The van der Waals surface area contributed by atoms with Crippen molar-refractivity contribution >= 4 is 56.4 Å². The van der Waals surface area contributed by atoms with Crippen molar-refractivity contribution < 1.29 is 4.79 Å². The zero-order valence-corrected chi connectivity index (χ0v) is 13.2. The molecular weight excluding hydrogens is 363 g/mol. The minimum absolute atomic E-state index is 0.108. The zero-order valence-electron chi connectivity index (χ0n) is 10.1. The number of fused-ring (bicyclic) bond motifs is 1. The van der Waals surface area contributed by atoms with Gasteiger partial charge in [0.2, 0.25) is 0 Å². The number of benzene rings is 2. The molecule has 2 aromatic carbocycles. The lowest BCUT2D eigenvalue weighted by molar-refractivity contribution is -0.116. The van der Waals surface area contributed by atoms with E-state index in [0.717, 1.165) is 15.7 Å². The first-order chi connectivity index (χ1) is 9.54. The van der Waals surface area contributed by atoms with E-state index < -0.39 is 6.04 Å². The van der Waals surface area contributed by atoms with Crippen molar-refractivity contribution in [3.05, 3.63) is 56.5 Å². The van der Waals surface area contributed by atoms with Gasteiger partial charge in [0.05, 0.1) is 0 Å². The Bertz CT molecular complexity index is 685. The smallest absolute Gasteiger partial charge is 0.251 e. The molecule has 1 aliphatic heterocycles. The van der Waals surface area contributed by atoms with Gasteiger partial charge in [-0.3, -0.25) is 4.79 Å². The highest BCUT2D eigenvalue weighted by Gasteiger charge is 2.32. The van der Waals surface area contributed by atoms with E-state index in [1.165, 1.54) is 0 Å². The van der Waals surface area contributed by atoms with Gasteiger partial charge >= 0.3 is 0 Å². The Balaban J connectivity index is 1.98. The number of carbonyl (C=O) groups excluding carboxylic acids is 1. The molecule has 3 nitrogen and oxygen atoms in total. The fraction of sp³-hybridized carbons (Fsp3) is 0.0714. The van der Waals surface area contributed by atoms with E-state index in [2.05, 4.69) is 26.6 Å². The summed E-state index contributed by atoms with van der Waals surface area (Å²) >= 11 is 15.4. The molecule has 0 spiro atoms. The Kier molecular flexibility index (Phi) is 3.63. The molecule has 3 rings (SSSR count). The highest BCUT2D eigenvalue weighted by molar-refractivity contribution is 9.10. The average molecular weight is 372 g/mol. The number of hydrogen-bond acceptors (Lipinski definition) is 2. The van der Waals surface area contributed by atoms with Crippen LogP contribution >= 0.6 is 39.1 Å². The largest absolute Gasteiger partial charge is 0.370 e. The van der Waals surface area contributed by atoms with Crippen molar-refractivity contribution in [1.82, 2.24) is 0 Å². The van der Waals surface area contributed by atoms with Gasteiger partial charge in [-0.25, -0.2) is 0 Å². The molecule has 1 unspecified atom stereocenters. The van der Waals surface area contributed by atoms with Gasteiger partial charge in [-0.05, 0) is 30.3 Å². The summed E-state index contributed by atoms with van der Waals surface area (Å²) in [5.41, 5.74) is 2.38. The topological polar surface area (TPSA) is 41.1 Å². The van der Waals surface area contributed by atoms with Gasteiger partial charge in [-0.1, -0.05) is 45.2 Å². The molecule has 2 N–H and O–H groups in total. The molecule has 0 saturated heterocycles. The predicted molar refractivity (Wildman–Crippen MR) is 85.6 cm³/mol. The Hall–Kier alpha value is -1.23. The summed E-state index contributed by atoms with van der Waals surface area (Å²) in [6.45, 7) is 0. The Morgan fingerprint density at radius 1 is 1.15 bits per heavy atom. The zero-order chi connectivity index (χ0) is 14.3. The Morgan fingerprint density at radius 2 is 1.85 bits per heavy atom. The molecular formula is C14H9BrCl2N2O. The number of carbonyl (C=O) groups is 1. The van der Waals surface area contributed by atoms with Crippen LogP contribution in [0.4, 0.5) is 11.4 Å². The maximum atomic E-state index is 12.1. The molecule has 2 aromatic rings. The first kappa shape index (κ1) is 13.7. The van der Waals surface area contributed by atoms with Crippen LogP contribution in [0.15, 0.2) is 40.9 Å². The Labute approximate surface area is 134 Å². The maximum Gasteiger partial charge on any atom is 0.251 e. The minimum Gasteiger partial charge on any atom is -0.370 e. The number of halogens is 3. The molecule has 1 atom stereocenters. The number of hydrogen-bond donors (Lipinski definition) is 2. The van der Waals surface area contributed by atoms with Crippen molar-refractivity contribution in [3.8, 4) is 0 Å². The maximum absolute atomic E-state index is 12.1. The fourth-order valence-corrected chi connectivity index (χ4v) is 3.34. The van der Waals surface area contributed by atoms with E-state index in [1.807, 2.05) is 18.2 Å². The van der Waals surface area contributed by atoms with Crippen LogP contribution in [0.25, 0.3) is 0 Å². The van der Waals surface area contributed by atoms with Crippen LogP contribution in [0.3, 0.4) is 0 Å². The van der Waals surface area contributed by atoms with Gasteiger partial charge in [0.15, 0.2) is 0 Å². The Morgan fingerprint density at radius 3 is 2.55 bits per heavy atom. The molecule has 0 aromatic heterocycles. The fourth-order valence-electron chi connectivity index (χ4n) is 2.22. The van der Waals surface area contributed by atoms with Gasteiger partial charge in [0.25, 0.3) is 5.91 Å². The van der Waals surface area contributed by atoms with Gasteiger partial charge in [-0.15, -0.1) is 0 Å². The molecule has 102 valence electrons. The number of nitrogens with one attached hydrogen (secondary N) is 2. The lowest BCUT2D eigenvalue weighted by atomic mass is 10.1.